The summed E-state index contributed by atoms with van der Waals surface area (Å²) < 4.78 is 89.3. The monoisotopic (exact) mass is 670 g/mol. The molecule has 0 aliphatic carbocycles. The number of rotatable bonds is 20. The molecule has 0 aromatic heterocycles. The van der Waals surface area contributed by atoms with E-state index in [1.165, 1.54) is 7.11 Å². The minimum atomic E-state index is -4.88. The summed E-state index contributed by atoms with van der Waals surface area (Å²) in [5.74, 6) is -1.79. The molecule has 1 atom stereocenters. The van der Waals surface area contributed by atoms with Gasteiger partial charge in [0.25, 0.3) is 5.91 Å². The summed E-state index contributed by atoms with van der Waals surface area (Å²) in [5.41, 5.74) is -2.10. The predicted octanol–water partition coefficient (Wildman–Crippen LogP) is 1.99. The van der Waals surface area contributed by atoms with Gasteiger partial charge in [-0.2, -0.15) is 13.2 Å². The second kappa shape index (κ2) is 18.3. The van der Waals surface area contributed by atoms with Crippen molar-refractivity contribution in [1.29, 1.82) is 0 Å². The number of alkyl halides is 3. The minimum absolute atomic E-state index is 0.0138. The molecule has 37 heavy (non-hydrogen) atoms. The van der Waals surface area contributed by atoms with E-state index in [4.69, 9.17) is 18.9 Å². The zero-order valence-electron chi connectivity index (χ0n) is 20.5. The van der Waals surface area contributed by atoms with Crippen LogP contribution >= 0.6 is 22.9 Å². The predicted molar refractivity (Wildman–Crippen MR) is 137 cm³/mol. The molecule has 1 rings (SSSR count). The van der Waals surface area contributed by atoms with Crippen LogP contribution in [-0.2, 0) is 35.0 Å². The number of carbonyl (C=O) groups is 1. The first kappa shape index (κ1) is 33.9. The smallest absolute Gasteiger partial charge is 0.392 e. The Morgan fingerprint density at radius 2 is 1.62 bits per heavy atom. The zero-order valence-corrected chi connectivity index (χ0v) is 23.5. The van der Waals surface area contributed by atoms with Crippen LogP contribution in [0.4, 0.5) is 13.2 Å². The van der Waals surface area contributed by atoms with E-state index in [0.717, 1.165) is 12.6 Å². The van der Waals surface area contributed by atoms with E-state index in [1.54, 1.807) is 0 Å². The third-order valence-corrected chi connectivity index (χ3v) is 7.15. The van der Waals surface area contributed by atoms with Gasteiger partial charge in [0.05, 0.1) is 67.5 Å². The van der Waals surface area contributed by atoms with Crippen LogP contribution in [0.5, 0.6) is 0 Å². The average Bonchev–Trinajstić information content (AvgIpc) is 2.83. The normalized spacial score (nSPS) is 13.0. The lowest BCUT2D eigenvalue weighted by atomic mass is 10.1. The molecule has 0 radical (unpaired) electrons. The summed E-state index contributed by atoms with van der Waals surface area (Å²) in [5, 5.41) is 12.3. The van der Waals surface area contributed by atoms with Crippen molar-refractivity contribution in [3.8, 4) is 0 Å². The van der Waals surface area contributed by atoms with Gasteiger partial charge < -0.3 is 29.4 Å². The Kier molecular flexibility index (Phi) is 16.7. The van der Waals surface area contributed by atoms with E-state index in [1.807, 2.05) is 22.9 Å². The maximum absolute atomic E-state index is 13.5. The van der Waals surface area contributed by atoms with Crippen molar-refractivity contribution in [3.05, 3.63) is 29.3 Å². The Hall–Kier alpha value is -1.08. The molecule has 0 aliphatic heterocycles. The van der Waals surface area contributed by atoms with Crippen molar-refractivity contribution >= 4 is 38.6 Å². The number of sulfone groups is 1. The summed E-state index contributed by atoms with van der Waals surface area (Å²) in [4.78, 5) is 12.0. The van der Waals surface area contributed by atoms with Gasteiger partial charge >= 0.3 is 6.18 Å². The summed E-state index contributed by atoms with van der Waals surface area (Å²) in [6.07, 6.45) is -5.56. The quantitative estimate of drug-likeness (QED) is 0.108. The second-order valence-corrected chi connectivity index (χ2v) is 10.5. The van der Waals surface area contributed by atoms with E-state index < -0.39 is 49.8 Å². The van der Waals surface area contributed by atoms with E-state index in [-0.39, 0.29) is 32.8 Å². The van der Waals surface area contributed by atoms with E-state index >= 15 is 0 Å². The highest BCUT2D eigenvalue weighted by molar-refractivity contribution is 14.1. The number of carbonyl (C=O) groups excluding carboxylic acids is 1. The third-order valence-electron chi connectivity index (χ3n) is 4.81. The van der Waals surface area contributed by atoms with Gasteiger partial charge in [0.2, 0.25) is 0 Å². The van der Waals surface area contributed by atoms with E-state index in [0.29, 0.717) is 45.0 Å². The lowest BCUT2D eigenvalue weighted by molar-refractivity contribution is -0.138. The van der Waals surface area contributed by atoms with E-state index in [2.05, 4.69) is 8.85 Å². The highest BCUT2D eigenvalue weighted by atomic mass is 127. The number of methoxy groups -OCH3 is 1. The van der Waals surface area contributed by atoms with Crippen molar-refractivity contribution < 1.29 is 50.4 Å². The average molecular weight is 670 g/mol. The Morgan fingerprint density at radius 1 is 1.03 bits per heavy atom. The van der Waals surface area contributed by atoms with Gasteiger partial charge in [-0.05, 0) is 31.0 Å². The van der Waals surface area contributed by atoms with Crippen LogP contribution in [0.3, 0.4) is 0 Å². The first-order valence-electron chi connectivity index (χ1n) is 11.5. The summed E-state index contributed by atoms with van der Waals surface area (Å²) >= 11 is 2.01. The van der Waals surface area contributed by atoms with Crippen LogP contribution in [0.1, 0.15) is 28.8 Å². The van der Waals surface area contributed by atoms with Crippen LogP contribution in [0.15, 0.2) is 23.1 Å². The fraction of sp³-hybridized carbons (Fsp3) is 0.682. The number of hydrogen-bond donors (Lipinski definition) is 3. The number of aliphatic hydroxyl groups excluding tert-OH is 1. The van der Waals surface area contributed by atoms with Gasteiger partial charge in [-0.1, -0.05) is 0 Å². The molecule has 1 unspecified atom stereocenters. The topological polar surface area (TPSA) is 132 Å². The Labute approximate surface area is 229 Å². The maximum Gasteiger partial charge on any atom is 0.417 e. The molecule has 214 valence electrons. The second-order valence-electron chi connectivity index (χ2n) is 7.75. The molecule has 10 nitrogen and oxygen atoms in total. The SMILES string of the molecule is COCCCC(O)CS(=O)(=O)c1ccc(C(F)(F)F)c(C(=O)NCCOCCOCCOCCNI)c1. The summed E-state index contributed by atoms with van der Waals surface area (Å²) in [7, 11) is -2.69. The fourth-order valence-electron chi connectivity index (χ4n) is 3.03. The summed E-state index contributed by atoms with van der Waals surface area (Å²) in [6.45, 7) is 2.81. The molecule has 1 aromatic carbocycles. The van der Waals surface area contributed by atoms with Crippen molar-refractivity contribution in [2.75, 3.05) is 72.2 Å². The molecule has 1 amide bonds. The molecular formula is C22H34F3IN2O8S. The fourth-order valence-corrected chi connectivity index (χ4v) is 4.69. The number of amides is 1. The molecule has 1 aromatic rings. The van der Waals surface area contributed by atoms with Crippen molar-refractivity contribution in [2.45, 2.75) is 30.0 Å². The van der Waals surface area contributed by atoms with Crippen LogP contribution in [0.25, 0.3) is 0 Å². The lowest BCUT2D eigenvalue weighted by Crippen LogP contribution is -2.30. The Bertz CT molecular complexity index is 906. The number of nitrogens with one attached hydrogen (secondary N) is 2. The lowest BCUT2D eigenvalue weighted by Gasteiger charge is -2.16. The zero-order chi connectivity index (χ0) is 27.7. The summed E-state index contributed by atoms with van der Waals surface area (Å²) in [6, 6.07) is 2.02. The van der Waals surface area contributed by atoms with Crippen molar-refractivity contribution in [3.63, 3.8) is 0 Å². The standard InChI is InChI=1S/C22H34F3IN2O8S/c1-33-8-2-3-17(29)16-37(31,32)18-4-5-20(22(23,24)25)19(15-18)21(30)27-6-9-34-11-13-36-14-12-35-10-7-28-26/h4-5,15,17,28-29H,2-3,6-14,16H2,1H3,(H,27,30). The van der Waals surface area contributed by atoms with Crippen LogP contribution < -0.4 is 8.85 Å². The van der Waals surface area contributed by atoms with Crippen molar-refractivity contribution in [2.24, 2.45) is 0 Å². The van der Waals surface area contributed by atoms with Gasteiger partial charge in [0.1, 0.15) is 0 Å². The van der Waals surface area contributed by atoms with Crippen LogP contribution in [0.2, 0.25) is 0 Å². The van der Waals surface area contributed by atoms with Gasteiger partial charge in [-0.3, -0.25) is 8.32 Å². The van der Waals surface area contributed by atoms with Crippen LogP contribution in [-0.4, -0.2) is 97.7 Å². The molecule has 0 fully saturated rings. The van der Waals surface area contributed by atoms with Crippen LogP contribution in [0, 0.1) is 0 Å². The van der Waals surface area contributed by atoms with Gasteiger partial charge in [0, 0.05) is 49.7 Å². The first-order valence-corrected chi connectivity index (χ1v) is 14.2. The molecule has 0 saturated carbocycles. The number of hydrogen-bond acceptors (Lipinski definition) is 9. The molecule has 3 N–H and O–H groups in total. The van der Waals surface area contributed by atoms with E-state index in [9.17, 15) is 31.5 Å². The van der Waals surface area contributed by atoms with Gasteiger partial charge in [-0.15, -0.1) is 0 Å². The minimum Gasteiger partial charge on any atom is -0.392 e. The van der Waals surface area contributed by atoms with Gasteiger partial charge in [0.15, 0.2) is 9.84 Å². The third kappa shape index (κ3) is 14.0. The molecular weight excluding hydrogens is 636 g/mol. The Balaban J connectivity index is 2.63. The molecule has 15 heteroatoms. The Morgan fingerprint density at radius 3 is 2.19 bits per heavy atom. The number of benzene rings is 1. The largest absolute Gasteiger partial charge is 0.417 e. The van der Waals surface area contributed by atoms with Gasteiger partial charge in [-0.25, -0.2) is 8.42 Å². The van der Waals surface area contributed by atoms with Crippen molar-refractivity contribution in [1.82, 2.24) is 8.85 Å². The molecule has 0 heterocycles. The number of ether oxygens (including phenoxy) is 4. The highest BCUT2D eigenvalue weighted by Crippen LogP contribution is 2.33. The first-order chi connectivity index (χ1) is 17.5. The molecule has 0 saturated heterocycles. The molecule has 0 bridgehead atoms. The number of aliphatic hydroxyl groups is 1. The molecule has 0 spiro atoms. The highest BCUT2D eigenvalue weighted by Gasteiger charge is 2.36. The number of halogens is 4. The molecule has 0 aliphatic rings. The maximum atomic E-state index is 13.5.